The molecule has 1 aliphatic heterocycles. The Morgan fingerprint density at radius 3 is 2.48 bits per heavy atom. The zero-order valence-electron chi connectivity index (χ0n) is 15.5. The first-order valence-electron chi connectivity index (χ1n) is 9.55. The molecular formula is C20H31N3O2. The lowest BCUT2D eigenvalue weighted by molar-refractivity contribution is 0.0426. The molecule has 5 heteroatoms. The molecule has 1 aromatic carbocycles. The maximum atomic E-state index is 12.6. The fraction of sp³-hybridized carbons (Fsp3) is 0.650. The summed E-state index contributed by atoms with van der Waals surface area (Å²) in [6, 6.07) is 11.2. The maximum absolute atomic E-state index is 12.6. The third kappa shape index (κ3) is 4.46. The minimum Gasteiger partial charge on any atom is -0.379 e. The lowest BCUT2D eigenvalue weighted by Crippen LogP contribution is -2.54. The van der Waals surface area contributed by atoms with Crippen molar-refractivity contribution in [2.75, 3.05) is 32.1 Å². The first kappa shape index (κ1) is 18.1. The minimum atomic E-state index is 0.0785. The second kappa shape index (κ2) is 8.56. The largest absolute Gasteiger partial charge is 0.379 e. The molecule has 2 atom stereocenters. The molecule has 2 fully saturated rings. The summed E-state index contributed by atoms with van der Waals surface area (Å²) >= 11 is 0. The molecule has 1 saturated heterocycles. The van der Waals surface area contributed by atoms with Crippen molar-refractivity contribution in [1.29, 1.82) is 0 Å². The van der Waals surface area contributed by atoms with Crippen molar-refractivity contribution in [3.63, 3.8) is 0 Å². The molecule has 1 aromatic rings. The van der Waals surface area contributed by atoms with E-state index in [0.29, 0.717) is 6.04 Å². The highest BCUT2D eigenvalue weighted by Gasteiger charge is 2.30. The fourth-order valence-electron chi connectivity index (χ4n) is 4.12. The van der Waals surface area contributed by atoms with E-state index < -0.39 is 0 Å². The topological polar surface area (TPSA) is 44.8 Å². The van der Waals surface area contributed by atoms with Crippen molar-refractivity contribution in [3.05, 3.63) is 30.3 Å². The summed E-state index contributed by atoms with van der Waals surface area (Å²) in [5, 5.41) is 3.21. The standard InChI is InChI=1S/C20H31N3O2/c1-22(16-8-4-3-5-9-16)17-12-14-23(15-13-17)20(24)21-18-10-6-7-11-19(18)25-2/h3-5,8-9,17-19H,6-7,10-15H2,1-2H3,(H,21,24)/t18-,19+/m1/s1. The van der Waals surface area contributed by atoms with Gasteiger partial charge in [-0.2, -0.15) is 0 Å². The van der Waals surface area contributed by atoms with Crippen LogP contribution in [0.4, 0.5) is 10.5 Å². The second-order valence-electron chi connectivity index (χ2n) is 7.28. The van der Waals surface area contributed by atoms with Gasteiger partial charge in [-0.1, -0.05) is 31.0 Å². The van der Waals surface area contributed by atoms with Gasteiger partial charge in [0.15, 0.2) is 0 Å². The number of benzene rings is 1. The number of anilines is 1. The van der Waals surface area contributed by atoms with Crippen molar-refractivity contribution in [3.8, 4) is 0 Å². The Bertz CT molecular complexity index is 543. The highest BCUT2D eigenvalue weighted by atomic mass is 16.5. The average Bonchev–Trinajstić information content (AvgIpc) is 2.68. The van der Waals surface area contributed by atoms with Gasteiger partial charge in [-0.05, 0) is 37.8 Å². The number of methoxy groups -OCH3 is 1. The summed E-state index contributed by atoms with van der Waals surface area (Å²) in [6.45, 7) is 1.64. The molecule has 1 saturated carbocycles. The summed E-state index contributed by atoms with van der Waals surface area (Å²) in [7, 11) is 3.90. The molecule has 0 radical (unpaired) electrons. The first-order chi connectivity index (χ1) is 12.2. The number of amides is 2. The Morgan fingerprint density at radius 1 is 1.12 bits per heavy atom. The zero-order chi connectivity index (χ0) is 17.6. The predicted octanol–water partition coefficient (Wildman–Crippen LogP) is 3.25. The molecular weight excluding hydrogens is 314 g/mol. The van der Waals surface area contributed by atoms with Crippen molar-refractivity contribution in [2.45, 2.75) is 56.7 Å². The third-order valence-electron chi connectivity index (χ3n) is 5.78. The Kier molecular flexibility index (Phi) is 6.19. The van der Waals surface area contributed by atoms with Gasteiger partial charge >= 0.3 is 6.03 Å². The van der Waals surface area contributed by atoms with Crippen molar-refractivity contribution in [1.82, 2.24) is 10.2 Å². The fourth-order valence-corrected chi connectivity index (χ4v) is 4.12. The van der Waals surface area contributed by atoms with Crippen molar-refractivity contribution in [2.24, 2.45) is 0 Å². The normalized spacial score (nSPS) is 24.8. The molecule has 25 heavy (non-hydrogen) atoms. The molecule has 1 aliphatic carbocycles. The van der Waals surface area contributed by atoms with Gasteiger partial charge in [0, 0.05) is 39.0 Å². The van der Waals surface area contributed by atoms with Gasteiger partial charge in [0.05, 0.1) is 12.1 Å². The van der Waals surface area contributed by atoms with Gasteiger partial charge < -0.3 is 19.9 Å². The highest BCUT2D eigenvalue weighted by molar-refractivity contribution is 5.74. The van der Waals surface area contributed by atoms with E-state index in [1.807, 2.05) is 11.0 Å². The van der Waals surface area contributed by atoms with E-state index in [9.17, 15) is 4.79 Å². The number of piperidine rings is 1. The van der Waals surface area contributed by atoms with Crippen LogP contribution < -0.4 is 10.2 Å². The van der Waals surface area contributed by atoms with Crippen LogP contribution in [0.5, 0.6) is 0 Å². The Balaban J connectivity index is 1.49. The van der Waals surface area contributed by atoms with Gasteiger partial charge in [-0.25, -0.2) is 4.79 Å². The summed E-state index contributed by atoms with van der Waals surface area (Å²) in [5.74, 6) is 0. The van der Waals surface area contributed by atoms with E-state index >= 15 is 0 Å². The van der Waals surface area contributed by atoms with Crippen LogP contribution >= 0.6 is 0 Å². The van der Waals surface area contributed by atoms with E-state index in [0.717, 1.165) is 38.8 Å². The molecule has 0 unspecified atom stereocenters. The average molecular weight is 345 g/mol. The van der Waals surface area contributed by atoms with E-state index in [1.54, 1.807) is 7.11 Å². The number of ether oxygens (including phenoxy) is 1. The Hall–Kier alpha value is -1.75. The van der Waals surface area contributed by atoms with Gasteiger partial charge in [0.2, 0.25) is 0 Å². The second-order valence-corrected chi connectivity index (χ2v) is 7.28. The van der Waals surface area contributed by atoms with Gasteiger partial charge in [0.25, 0.3) is 0 Å². The molecule has 3 rings (SSSR count). The van der Waals surface area contributed by atoms with Crippen molar-refractivity contribution < 1.29 is 9.53 Å². The van der Waals surface area contributed by atoms with Gasteiger partial charge in [-0.15, -0.1) is 0 Å². The number of carbonyl (C=O) groups excluding carboxylic acids is 1. The van der Waals surface area contributed by atoms with Crippen LogP contribution in [-0.4, -0.2) is 56.4 Å². The number of nitrogens with one attached hydrogen (secondary N) is 1. The van der Waals surface area contributed by atoms with Crippen LogP contribution in [0.3, 0.4) is 0 Å². The highest BCUT2D eigenvalue weighted by Crippen LogP contribution is 2.23. The summed E-state index contributed by atoms with van der Waals surface area (Å²) in [4.78, 5) is 16.9. The van der Waals surface area contributed by atoms with Gasteiger partial charge in [0.1, 0.15) is 0 Å². The van der Waals surface area contributed by atoms with E-state index in [1.165, 1.54) is 18.5 Å². The number of hydrogen-bond donors (Lipinski definition) is 1. The molecule has 2 aliphatic rings. The summed E-state index contributed by atoms with van der Waals surface area (Å²) in [6.07, 6.45) is 6.63. The Morgan fingerprint density at radius 2 is 1.80 bits per heavy atom. The molecule has 5 nitrogen and oxygen atoms in total. The monoisotopic (exact) mass is 345 g/mol. The van der Waals surface area contributed by atoms with E-state index in [2.05, 4.69) is 41.5 Å². The SMILES string of the molecule is CO[C@H]1CCCC[C@H]1NC(=O)N1CCC(N(C)c2ccccc2)CC1. The number of urea groups is 1. The van der Waals surface area contributed by atoms with Crippen LogP contribution in [0.15, 0.2) is 30.3 Å². The van der Waals surface area contributed by atoms with E-state index in [4.69, 9.17) is 4.74 Å². The minimum absolute atomic E-state index is 0.0785. The first-order valence-corrected chi connectivity index (χ1v) is 9.55. The number of para-hydroxylation sites is 1. The van der Waals surface area contributed by atoms with Crippen LogP contribution in [0, 0.1) is 0 Å². The van der Waals surface area contributed by atoms with Crippen LogP contribution in [0.1, 0.15) is 38.5 Å². The number of carbonyl (C=O) groups is 1. The van der Waals surface area contributed by atoms with Gasteiger partial charge in [-0.3, -0.25) is 0 Å². The number of rotatable bonds is 4. The summed E-state index contributed by atoms with van der Waals surface area (Å²) in [5.41, 5.74) is 1.25. The van der Waals surface area contributed by atoms with Crippen LogP contribution in [0.2, 0.25) is 0 Å². The molecule has 0 spiro atoms. The predicted molar refractivity (Wildman–Crippen MR) is 101 cm³/mol. The third-order valence-corrected chi connectivity index (χ3v) is 5.78. The molecule has 0 aromatic heterocycles. The van der Waals surface area contributed by atoms with Crippen molar-refractivity contribution >= 4 is 11.7 Å². The lowest BCUT2D eigenvalue weighted by atomic mass is 9.92. The summed E-state index contributed by atoms with van der Waals surface area (Å²) < 4.78 is 5.55. The lowest BCUT2D eigenvalue weighted by Gasteiger charge is -2.39. The molecule has 138 valence electrons. The van der Waals surface area contributed by atoms with Crippen LogP contribution in [0.25, 0.3) is 0 Å². The molecule has 1 heterocycles. The van der Waals surface area contributed by atoms with Crippen LogP contribution in [-0.2, 0) is 4.74 Å². The molecule has 2 amide bonds. The smallest absolute Gasteiger partial charge is 0.317 e. The number of hydrogen-bond acceptors (Lipinski definition) is 3. The molecule has 1 N–H and O–H groups in total. The number of likely N-dealkylation sites (tertiary alicyclic amines) is 1. The Labute approximate surface area is 151 Å². The zero-order valence-corrected chi connectivity index (χ0v) is 15.5. The molecule has 0 bridgehead atoms. The quantitative estimate of drug-likeness (QED) is 0.911. The van der Waals surface area contributed by atoms with E-state index in [-0.39, 0.29) is 18.2 Å². The maximum Gasteiger partial charge on any atom is 0.317 e. The number of nitrogens with zero attached hydrogens (tertiary/aromatic N) is 2.